The van der Waals surface area contributed by atoms with Gasteiger partial charge in [-0.2, -0.15) is 0 Å². The predicted molar refractivity (Wildman–Crippen MR) is 141 cm³/mol. The van der Waals surface area contributed by atoms with E-state index in [-0.39, 0.29) is 10.7 Å². The van der Waals surface area contributed by atoms with E-state index in [1.54, 1.807) is 61.0 Å². The number of carbonyl (C=O) groups is 1. The second kappa shape index (κ2) is 11.4. The van der Waals surface area contributed by atoms with E-state index in [4.69, 9.17) is 0 Å². The van der Waals surface area contributed by atoms with Crippen LogP contribution in [0.25, 0.3) is 4.91 Å². The molecule has 0 aromatic heterocycles. The number of ketones is 1. The number of rotatable bonds is 9. The van der Waals surface area contributed by atoms with Gasteiger partial charge < -0.3 is 0 Å². The van der Waals surface area contributed by atoms with Crippen molar-refractivity contribution in [2.24, 2.45) is 0 Å². The Bertz CT molecular complexity index is 1250. The first-order valence-electron chi connectivity index (χ1n) is 10.1. The van der Waals surface area contributed by atoms with E-state index in [9.17, 15) is 13.2 Å². The van der Waals surface area contributed by atoms with Gasteiger partial charge in [-0.25, -0.2) is 12.7 Å². The Hall–Kier alpha value is -2.74. The van der Waals surface area contributed by atoms with Crippen molar-refractivity contribution in [3.8, 4) is 0 Å². The molecule has 4 nitrogen and oxygen atoms in total. The van der Waals surface area contributed by atoms with Crippen LogP contribution in [0.15, 0.2) is 107 Å². The number of nitrogens with zero attached hydrogens (tertiary/aromatic N) is 1. The van der Waals surface area contributed by atoms with E-state index in [0.717, 1.165) is 16.0 Å². The molecule has 0 amide bonds. The summed E-state index contributed by atoms with van der Waals surface area (Å²) in [5.74, 6) is -0.261. The smallest absolute Gasteiger partial charge is 0.268 e. The molecule has 0 unspecified atom stereocenters. The highest BCUT2D eigenvalue weighted by molar-refractivity contribution is 8.07. The van der Waals surface area contributed by atoms with Gasteiger partial charge in [0.2, 0.25) is 0 Å². The van der Waals surface area contributed by atoms with Gasteiger partial charge in [0.15, 0.2) is 5.78 Å². The molecule has 0 bridgehead atoms. The number of sulfonamides is 1. The molecule has 0 aliphatic heterocycles. The van der Waals surface area contributed by atoms with Gasteiger partial charge in [0.05, 0.1) is 9.92 Å². The molecular weight excluding hydrogens is 470 g/mol. The average Bonchev–Trinajstić information content (AvgIpc) is 2.84. The van der Waals surface area contributed by atoms with Crippen molar-refractivity contribution in [1.82, 2.24) is 4.31 Å². The molecule has 7 heteroatoms. The average molecular weight is 496 g/mol. The Morgan fingerprint density at radius 1 is 0.788 bits per heavy atom. The molecule has 0 spiro atoms. The number of aryl methyl sites for hydroxylation is 1. The molecule has 0 saturated carbocycles. The number of thioether (sulfide) groups is 2. The van der Waals surface area contributed by atoms with E-state index in [1.807, 2.05) is 49.6 Å². The predicted octanol–water partition coefficient (Wildman–Crippen LogP) is 6.43. The summed E-state index contributed by atoms with van der Waals surface area (Å²) in [5, 5.41) is 0.312. The van der Waals surface area contributed by atoms with E-state index in [0.29, 0.717) is 10.6 Å². The Morgan fingerprint density at radius 3 is 1.85 bits per heavy atom. The molecule has 33 heavy (non-hydrogen) atoms. The van der Waals surface area contributed by atoms with Gasteiger partial charge in [-0.05, 0) is 37.1 Å². The van der Waals surface area contributed by atoms with Gasteiger partial charge in [-0.15, -0.1) is 23.5 Å². The maximum atomic E-state index is 13.8. The highest BCUT2D eigenvalue weighted by Crippen LogP contribution is 2.33. The minimum Gasteiger partial charge on any atom is -0.289 e. The molecule has 0 radical (unpaired) electrons. The minimum absolute atomic E-state index is 0.157. The third-order valence-electron chi connectivity index (χ3n) is 4.83. The Kier molecular flexibility index (Phi) is 8.61. The maximum Gasteiger partial charge on any atom is 0.268 e. The molecule has 3 rings (SSSR count). The standard InChI is InChI=1S/C26H25NO3S3/c1-20-14-16-23(17-15-20)33(29,30)27(19-25(31-2)22-12-8-5-9-13-22)26(32-3)18-24(28)21-10-6-4-7-11-21/h4-19H,1-3H3/b25-19-,26-18-. The molecule has 0 aliphatic rings. The SMILES string of the molecule is CS/C(=C\N(/C(=C/C(=O)c1ccccc1)SC)S(=O)(=O)c1ccc(C)cc1)c1ccccc1. The fraction of sp³-hybridized carbons (Fsp3) is 0.115. The topological polar surface area (TPSA) is 54.5 Å². The fourth-order valence-electron chi connectivity index (χ4n) is 3.04. The second-order valence-corrected chi connectivity index (χ2v) is 10.6. The van der Waals surface area contributed by atoms with Crippen LogP contribution in [0.1, 0.15) is 21.5 Å². The summed E-state index contributed by atoms with van der Waals surface area (Å²) in [4.78, 5) is 13.8. The zero-order valence-corrected chi connectivity index (χ0v) is 21.1. The lowest BCUT2D eigenvalue weighted by molar-refractivity contribution is 0.104. The molecule has 0 N–H and O–H groups in total. The lowest BCUT2D eigenvalue weighted by Gasteiger charge is -2.24. The van der Waals surface area contributed by atoms with Crippen LogP contribution in [-0.2, 0) is 10.0 Å². The summed E-state index contributed by atoms with van der Waals surface area (Å²) in [6.45, 7) is 1.90. The van der Waals surface area contributed by atoms with Gasteiger partial charge in [0.25, 0.3) is 10.0 Å². The molecule has 0 aliphatic carbocycles. The molecular formula is C26H25NO3S3. The summed E-state index contributed by atoms with van der Waals surface area (Å²) >= 11 is 2.65. The van der Waals surface area contributed by atoms with E-state index in [2.05, 4.69) is 0 Å². The summed E-state index contributed by atoms with van der Waals surface area (Å²) in [6.07, 6.45) is 6.63. The van der Waals surface area contributed by atoms with Crippen molar-refractivity contribution in [3.05, 3.63) is 119 Å². The zero-order valence-electron chi connectivity index (χ0n) is 18.6. The van der Waals surface area contributed by atoms with Crippen LogP contribution >= 0.6 is 23.5 Å². The molecule has 0 saturated heterocycles. The molecule has 0 atom stereocenters. The third kappa shape index (κ3) is 6.19. The maximum absolute atomic E-state index is 13.8. The summed E-state index contributed by atoms with van der Waals surface area (Å²) in [6, 6.07) is 25.1. The minimum atomic E-state index is -3.97. The van der Waals surface area contributed by atoms with Crippen molar-refractivity contribution in [1.29, 1.82) is 0 Å². The zero-order chi connectivity index (χ0) is 23.8. The molecule has 170 valence electrons. The van der Waals surface area contributed by atoms with E-state index in [1.165, 1.54) is 33.9 Å². The largest absolute Gasteiger partial charge is 0.289 e. The van der Waals surface area contributed by atoms with Crippen LogP contribution in [0.3, 0.4) is 0 Å². The summed E-state index contributed by atoms with van der Waals surface area (Å²) in [5.41, 5.74) is 2.35. The number of hydrogen-bond donors (Lipinski definition) is 0. The summed E-state index contributed by atoms with van der Waals surface area (Å²) < 4.78 is 28.7. The summed E-state index contributed by atoms with van der Waals surface area (Å²) in [7, 11) is -3.97. The Labute approximate surface area is 204 Å². The van der Waals surface area contributed by atoms with Crippen LogP contribution < -0.4 is 0 Å². The molecule has 3 aromatic rings. The highest BCUT2D eigenvalue weighted by Gasteiger charge is 2.26. The number of carbonyl (C=O) groups excluding carboxylic acids is 1. The van der Waals surface area contributed by atoms with Crippen LogP contribution in [0.5, 0.6) is 0 Å². The van der Waals surface area contributed by atoms with Gasteiger partial charge in [0, 0.05) is 22.7 Å². The van der Waals surface area contributed by atoms with Crippen molar-refractivity contribution in [2.75, 3.05) is 12.5 Å². The number of allylic oxidation sites excluding steroid dienone is 1. The number of hydrogen-bond acceptors (Lipinski definition) is 5. The van der Waals surface area contributed by atoms with Crippen molar-refractivity contribution in [2.45, 2.75) is 11.8 Å². The molecule has 3 aromatic carbocycles. The van der Waals surface area contributed by atoms with Crippen LogP contribution in [-0.4, -0.2) is 31.0 Å². The second-order valence-electron chi connectivity index (χ2n) is 7.09. The monoisotopic (exact) mass is 495 g/mol. The van der Waals surface area contributed by atoms with Crippen molar-refractivity contribution in [3.63, 3.8) is 0 Å². The Morgan fingerprint density at radius 2 is 1.33 bits per heavy atom. The molecule has 0 fully saturated rings. The van der Waals surface area contributed by atoms with Gasteiger partial charge in [0.1, 0.15) is 0 Å². The van der Waals surface area contributed by atoms with Crippen molar-refractivity contribution >= 4 is 44.2 Å². The van der Waals surface area contributed by atoms with Gasteiger partial charge in [-0.1, -0.05) is 78.4 Å². The first-order valence-corrected chi connectivity index (χ1v) is 14.0. The fourth-order valence-corrected chi connectivity index (χ4v) is 5.91. The first-order chi connectivity index (χ1) is 15.9. The first kappa shape index (κ1) is 24.9. The van der Waals surface area contributed by atoms with Gasteiger partial charge in [-0.3, -0.25) is 4.79 Å². The van der Waals surface area contributed by atoms with E-state index < -0.39 is 10.0 Å². The number of benzene rings is 3. The Balaban J connectivity index is 2.17. The van der Waals surface area contributed by atoms with Gasteiger partial charge >= 0.3 is 0 Å². The quantitative estimate of drug-likeness (QED) is 0.253. The lowest BCUT2D eigenvalue weighted by atomic mass is 10.1. The third-order valence-corrected chi connectivity index (χ3v) is 8.15. The van der Waals surface area contributed by atoms with Crippen LogP contribution in [0.2, 0.25) is 0 Å². The lowest BCUT2D eigenvalue weighted by Crippen LogP contribution is -2.25. The van der Waals surface area contributed by atoms with Crippen molar-refractivity contribution < 1.29 is 13.2 Å². The highest BCUT2D eigenvalue weighted by atomic mass is 32.2. The van der Waals surface area contributed by atoms with Crippen LogP contribution in [0.4, 0.5) is 0 Å². The molecule has 0 heterocycles. The van der Waals surface area contributed by atoms with E-state index >= 15 is 0 Å². The normalized spacial score (nSPS) is 12.5. The van der Waals surface area contributed by atoms with Crippen LogP contribution in [0, 0.1) is 6.92 Å².